The fourth-order valence-electron chi connectivity index (χ4n) is 1.61. The lowest BCUT2D eigenvalue weighted by molar-refractivity contribution is -0.151. The third-order valence-electron chi connectivity index (χ3n) is 2.87. The standard InChI is InChI=1S/C15H14Cl2F3N3O5/c16-8-1-2-9(10(17)3-8)14(27)22-4-11(24)21-5-13(26)28-6-12(25)23-7-15(18,19)20/h1-3H,4-7H2,(H,21,24)(H,22,27)(H,23,25). The molecule has 28 heavy (non-hydrogen) atoms. The first-order valence-corrected chi connectivity index (χ1v) is 8.22. The van der Waals surface area contributed by atoms with Crippen LogP contribution < -0.4 is 16.0 Å². The second kappa shape index (κ2) is 10.7. The van der Waals surface area contributed by atoms with E-state index >= 15 is 0 Å². The zero-order chi connectivity index (χ0) is 21.3. The summed E-state index contributed by atoms with van der Waals surface area (Å²) in [6, 6.07) is 4.14. The van der Waals surface area contributed by atoms with E-state index in [4.69, 9.17) is 23.2 Å². The molecule has 1 aromatic rings. The Hall–Kier alpha value is -2.53. The van der Waals surface area contributed by atoms with Crippen LogP contribution in [0.3, 0.4) is 0 Å². The van der Waals surface area contributed by atoms with Crippen molar-refractivity contribution in [3.63, 3.8) is 0 Å². The maximum absolute atomic E-state index is 11.9. The van der Waals surface area contributed by atoms with Crippen LogP contribution in [0.4, 0.5) is 13.2 Å². The van der Waals surface area contributed by atoms with Gasteiger partial charge in [0, 0.05) is 5.02 Å². The van der Waals surface area contributed by atoms with Crippen LogP contribution in [0.1, 0.15) is 10.4 Å². The topological polar surface area (TPSA) is 114 Å². The lowest BCUT2D eigenvalue weighted by Gasteiger charge is -2.10. The molecule has 1 aromatic carbocycles. The summed E-state index contributed by atoms with van der Waals surface area (Å²) >= 11 is 11.6. The van der Waals surface area contributed by atoms with Crippen molar-refractivity contribution in [2.24, 2.45) is 0 Å². The van der Waals surface area contributed by atoms with Gasteiger partial charge >= 0.3 is 12.1 Å². The van der Waals surface area contributed by atoms with Gasteiger partial charge < -0.3 is 20.7 Å². The van der Waals surface area contributed by atoms with Crippen LogP contribution in [-0.2, 0) is 19.1 Å². The Bertz CT molecular complexity index is 759. The first kappa shape index (κ1) is 23.5. The zero-order valence-electron chi connectivity index (χ0n) is 14.0. The molecule has 0 spiro atoms. The molecule has 0 saturated carbocycles. The summed E-state index contributed by atoms with van der Waals surface area (Å²) in [6.07, 6.45) is -4.59. The third kappa shape index (κ3) is 9.42. The molecule has 8 nitrogen and oxygen atoms in total. The number of halogens is 5. The summed E-state index contributed by atoms with van der Waals surface area (Å²) in [5.41, 5.74) is 0.0862. The number of carbonyl (C=O) groups is 4. The molecule has 0 atom stereocenters. The van der Waals surface area contributed by atoms with Gasteiger partial charge in [0.15, 0.2) is 6.61 Å². The minimum atomic E-state index is -4.59. The minimum absolute atomic E-state index is 0.0813. The molecule has 0 radical (unpaired) electrons. The second-order valence-corrected chi connectivity index (χ2v) is 5.98. The highest BCUT2D eigenvalue weighted by molar-refractivity contribution is 6.36. The van der Waals surface area contributed by atoms with E-state index in [1.807, 2.05) is 0 Å². The number of rotatable bonds is 8. The van der Waals surface area contributed by atoms with Crippen LogP contribution in [0, 0.1) is 0 Å². The number of hydrogen-bond donors (Lipinski definition) is 3. The quantitative estimate of drug-likeness (QED) is 0.519. The predicted molar refractivity (Wildman–Crippen MR) is 91.8 cm³/mol. The summed E-state index contributed by atoms with van der Waals surface area (Å²) in [6.45, 7) is -3.63. The fraction of sp³-hybridized carbons (Fsp3) is 0.333. The Morgan fingerprint density at radius 1 is 0.964 bits per heavy atom. The van der Waals surface area contributed by atoms with Crippen molar-refractivity contribution in [3.05, 3.63) is 33.8 Å². The van der Waals surface area contributed by atoms with Gasteiger partial charge in [-0.3, -0.25) is 19.2 Å². The van der Waals surface area contributed by atoms with Crippen molar-refractivity contribution in [3.8, 4) is 0 Å². The van der Waals surface area contributed by atoms with Gasteiger partial charge in [0.25, 0.3) is 11.8 Å². The summed E-state index contributed by atoms with van der Waals surface area (Å²) < 4.78 is 40.1. The van der Waals surface area contributed by atoms with E-state index in [1.165, 1.54) is 23.5 Å². The molecule has 0 aliphatic rings. The largest absolute Gasteiger partial charge is 0.454 e. The molecule has 1 rings (SSSR count). The first-order valence-electron chi connectivity index (χ1n) is 7.47. The predicted octanol–water partition coefficient (Wildman–Crippen LogP) is 1.06. The van der Waals surface area contributed by atoms with Crippen molar-refractivity contribution in [1.82, 2.24) is 16.0 Å². The van der Waals surface area contributed by atoms with Gasteiger partial charge in [-0.05, 0) is 18.2 Å². The van der Waals surface area contributed by atoms with E-state index in [0.717, 1.165) is 0 Å². The SMILES string of the molecule is O=C(CNC(=O)c1ccc(Cl)cc1Cl)NCC(=O)OCC(=O)NCC(F)(F)F. The lowest BCUT2D eigenvalue weighted by Crippen LogP contribution is -2.40. The zero-order valence-corrected chi connectivity index (χ0v) is 15.5. The van der Waals surface area contributed by atoms with E-state index in [0.29, 0.717) is 5.02 Å². The first-order chi connectivity index (χ1) is 13.0. The number of alkyl halides is 3. The molecule has 0 fully saturated rings. The van der Waals surface area contributed by atoms with E-state index in [2.05, 4.69) is 15.4 Å². The number of nitrogens with one attached hydrogen (secondary N) is 3. The van der Waals surface area contributed by atoms with Crippen LogP contribution in [0.5, 0.6) is 0 Å². The van der Waals surface area contributed by atoms with E-state index < -0.39 is 56.1 Å². The monoisotopic (exact) mass is 443 g/mol. The van der Waals surface area contributed by atoms with Gasteiger partial charge in [0.2, 0.25) is 5.91 Å². The Kier molecular flexibility index (Phi) is 9.00. The maximum Gasteiger partial charge on any atom is 0.405 e. The number of carbonyl (C=O) groups excluding carboxylic acids is 4. The summed E-state index contributed by atoms with van der Waals surface area (Å²) in [4.78, 5) is 45.9. The van der Waals surface area contributed by atoms with Gasteiger partial charge in [-0.25, -0.2) is 0 Å². The van der Waals surface area contributed by atoms with E-state index in [9.17, 15) is 32.3 Å². The molecule has 0 aliphatic heterocycles. The fourth-order valence-corrected chi connectivity index (χ4v) is 2.10. The van der Waals surface area contributed by atoms with Crippen LogP contribution in [0.25, 0.3) is 0 Å². The third-order valence-corrected chi connectivity index (χ3v) is 3.41. The highest BCUT2D eigenvalue weighted by Gasteiger charge is 2.27. The molecule has 0 aliphatic carbocycles. The lowest BCUT2D eigenvalue weighted by atomic mass is 10.2. The maximum atomic E-state index is 11.9. The number of esters is 1. The molecule has 0 saturated heterocycles. The van der Waals surface area contributed by atoms with Crippen LogP contribution >= 0.6 is 23.2 Å². The summed E-state index contributed by atoms with van der Waals surface area (Å²) in [5, 5.41) is 6.27. The molecule has 0 aromatic heterocycles. The molecule has 154 valence electrons. The van der Waals surface area contributed by atoms with Gasteiger partial charge in [-0.2, -0.15) is 13.2 Å². The number of benzene rings is 1. The number of amides is 3. The van der Waals surface area contributed by atoms with Gasteiger partial charge in [-0.1, -0.05) is 23.2 Å². The number of ether oxygens (including phenoxy) is 1. The summed E-state index contributed by atoms with van der Waals surface area (Å²) in [7, 11) is 0. The minimum Gasteiger partial charge on any atom is -0.454 e. The highest BCUT2D eigenvalue weighted by Crippen LogP contribution is 2.20. The molecular weight excluding hydrogens is 430 g/mol. The van der Waals surface area contributed by atoms with Crippen molar-refractivity contribution >= 4 is 46.9 Å². The van der Waals surface area contributed by atoms with E-state index in [1.54, 1.807) is 0 Å². The molecule has 3 N–H and O–H groups in total. The molecular formula is C15H14Cl2F3N3O5. The van der Waals surface area contributed by atoms with Crippen LogP contribution in [0.15, 0.2) is 18.2 Å². The van der Waals surface area contributed by atoms with Crippen molar-refractivity contribution in [1.29, 1.82) is 0 Å². The van der Waals surface area contributed by atoms with Crippen molar-refractivity contribution < 1.29 is 37.1 Å². The molecule has 0 bridgehead atoms. The Morgan fingerprint density at radius 2 is 1.64 bits per heavy atom. The average Bonchev–Trinajstić information content (AvgIpc) is 2.60. The molecule has 0 unspecified atom stereocenters. The summed E-state index contributed by atoms with van der Waals surface area (Å²) in [5.74, 6) is -3.61. The molecule has 13 heteroatoms. The van der Waals surface area contributed by atoms with E-state index in [-0.39, 0.29) is 10.6 Å². The Morgan fingerprint density at radius 3 is 2.25 bits per heavy atom. The van der Waals surface area contributed by atoms with Gasteiger partial charge in [-0.15, -0.1) is 0 Å². The van der Waals surface area contributed by atoms with Gasteiger partial charge in [0.05, 0.1) is 17.1 Å². The normalized spacial score (nSPS) is 10.8. The smallest absolute Gasteiger partial charge is 0.405 e. The average molecular weight is 444 g/mol. The number of hydrogen-bond acceptors (Lipinski definition) is 5. The van der Waals surface area contributed by atoms with Gasteiger partial charge in [0.1, 0.15) is 13.1 Å². The second-order valence-electron chi connectivity index (χ2n) is 5.14. The Balaban J connectivity index is 2.27. The molecule has 3 amide bonds. The highest BCUT2D eigenvalue weighted by atomic mass is 35.5. The molecule has 0 heterocycles. The Labute approximate surface area is 166 Å². The van der Waals surface area contributed by atoms with Crippen molar-refractivity contribution in [2.75, 3.05) is 26.2 Å². The van der Waals surface area contributed by atoms with Crippen LogP contribution in [0.2, 0.25) is 10.0 Å². The van der Waals surface area contributed by atoms with Crippen LogP contribution in [-0.4, -0.2) is 56.1 Å². The van der Waals surface area contributed by atoms with Crippen molar-refractivity contribution in [2.45, 2.75) is 6.18 Å².